The monoisotopic (exact) mass is 1600 g/mol. The Morgan fingerprint density at radius 2 is 0.302 bits per heavy atom. The molecule has 0 saturated carbocycles. The fourth-order valence-corrected chi connectivity index (χ4v) is 20.0. The van der Waals surface area contributed by atoms with Crippen molar-refractivity contribution in [2.24, 2.45) is 0 Å². The average Bonchev–Trinajstić information content (AvgIpc) is 1.50. The smallest absolute Gasteiger partial charge is 0.0547 e. The zero-order valence-corrected chi connectivity index (χ0v) is 68.9. The second-order valence-corrected chi connectivity index (χ2v) is 32.6. The van der Waals surface area contributed by atoms with Crippen LogP contribution in [0.4, 0.5) is 0 Å². The summed E-state index contributed by atoms with van der Waals surface area (Å²) >= 11 is 0. The van der Waals surface area contributed by atoms with Crippen molar-refractivity contribution in [2.45, 2.75) is 0 Å². The van der Waals surface area contributed by atoms with Crippen LogP contribution in [0.1, 0.15) is 0 Å². The van der Waals surface area contributed by atoms with Gasteiger partial charge in [-0.3, -0.25) is 0 Å². The molecule has 0 aliphatic carbocycles. The number of fused-ring (bicyclic) bond motifs is 18. The first-order valence-electron chi connectivity index (χ1n) is 43.3. The van der Waals surface area contributed by atoms with Gasteiger partial charge in [0, 0.05) is 98.8 Å². The molecule has 20 aromatic carbocycles. The Kier molecular flexibility index (Phi) is 17.8. The SMILES string of the molecule is c1ccc(-c2ccc(-n3c4ccccc4c4cc(-c5ccc6c(c5)c5ccccc5n6-c5ccc(-c6ccccc6)cc5)ccc43)cc2)cc1.c1ccc(-n2c3ccccc3c3c(-c4cccc5c4c4ccccc4n5-c4ccccc4)cccc32)cc1.c1ccc(-n2c3ccccc3c3cc(-c4cccc5c4c4ccccc4n5-c4ccccc4)ccc32)cc1. The first kappa shape index (κ1) is 73.1. The summed E-state index contributed by atoms with van der Waals surface area (Å²) in [6.45, 7) is 0. The van der Waals surface area contributed by atoms with Crippen molar-refractivity contribution in [3.8, 4) is 89.8 Å². The molecular weight excluding hydrogens is 1530 g/mol. The van der Waals surface area contributed by atoms with Gasteiger partial charge in [0.2, 0.25) is 0 Å². The van der Waals surface area contributed by atoms with E-state index in [0.717, 1.165) is 11.4 Å². The molecule has 0 atom stereocenters. The standard InChI is InChI=1S/C48H32N2.2C36H24N2/c1-3-11-33(12-4-1)35-19-25-39(26-20-35)49-45-17-9-7-15-41(45)43-31-37(23-29-47(43)49)38-24-30-48-44(32-38)42-16-8-10-18-46(42)50(48)40-27-21-36(22-28-40)34-13-5-2-6-14-34;1-3-13-25(14-4-1)37-31-21-9-7-17-29(31)35-27(19-11-23-33(35)37)28-20-12-24-34-36(28)30-18-8-10-22-32(30)38(34)26-15-5-2-6-16-26;1-3-12-26(13-4-1)37-32-19-9-7-16-29(32)31-24-25(22-23-34(31)37)28-18-11-21-35-36(28)30-17-8-10-20-33(30)38(35)27-14-5-2-6-15-27/h1-32H;2*1-24H. The summed E-state index contributed by atoms with van der Waals surface area (Å²) < 4.78 is 14.3. The minimum Gasteiger partial charge on any atom is -0.309 e. The summed E-state index contributed by atoms with van der Waals surface area (Å²) in [4.78, 5) is 0. The van der Waals surface area contributed by atoms with E-state index in [9.17, 15) is 0 Å². The molecule has 0 spiro atoms. The van der Waals surface area contributed by atoms with Gasteiger partial charge in [-0.25, -0.2) is 0 Å². The predicted molar refractivity (Wildman–Crippen MR) is 533 cm³/mol. The minimum absolute atomic E-state index is 1.16. The van der Waals surface area contributed by atoms with Crippen LogP contribution in [0.2, 0.25) is 0 Å². The van der Waals surface area contributed by atoms with Gasteiger partial charge in [-0.1, -0.05) is 322 Å². The van der Waals surface area contributed by atoms with Crippen molar-refractivity contribution >= 4 is 131 Å². The number of aromatic nitrogens is 6. The lowest BCUT2D eigenvalue weighted by Gasteiger charge is -2.11. The molecule has 0 aliphatic rings. The molecule has 0 saturated heterocycles. The summed E-state index contributed by atoms with van der Waals surface area (Å²) in [5, 5.41) is 15.2. The third-order valence-electron chi connectivity index (χ3n) is 25.6. The van der Waals surface area contributed by atoms with Gasteiger partial charge in [0.25, 0.3) is 0 Å². The maximum Gasteiger partial charge on any atom is 0.0547 e. The highest BCUT2D eigenvalue weighted by Crippen LogP contribution is 2.47. The van der Waals surface area contributed by atoms with Gasteiger partial charge in [0.1, 0.15) is 0 Å². The Morgan fingerprint density at radius 3 is 0.619 bits per heavy atom. The summed E-state index contributed by atoms with van der Waals surface area (Å²) in [6, 6.07) is 175. The molecule has 6 aromatic heterocycles. The van der Waals surface area contributed by atoms with Gasteiger partial charge < -0.3 is 27.4 Å². The van der Waals surface area contributed by atoms with E-state index in [2.05, 4.69) is 513 Å². The van der Waals surface area contributed by atoms with E-state index in [4.69, 9.17) is 0 Å². The Hall–Kier alpha value is -16.8. The van der Waals surface area contributed by atoms with Gasteiger partial charge in [-0.05, 0) is 219 Å². The highest BCUT2D eigenvalue weighted by Gasteiger charge is 2.24. The molecule has 0 radical (unpaired) electrons. The van der Waals surface area contributed by atoms with E-state index < -0.39 is 0 Å². The van der Waals surface area contributed by atoms with Crippen LogP contribution >= 0.6 is 0 Å². The molecule has 6 nitrogen and oxygen atoms in total. The van der Waals surface area contributed by atoms with Crippen molar-refractivity contribution in [2.75, 3.05) is 0 Å². The number of rotatable bonds is 11. The molecule has 0 N–H and O–H groups in total. The van der Waals surface area contributed by atoms with Crippen molar-refractivity contribution < 1.29 is 0 Å². The molecule has 6 heterocycles. The van der Waals surface area contributed by atoms with Gasteiger partial charge in [0.15, 0.2) is 0 Å². The van der Waals surface area contributed by atoms with Gasteiger partial charge in [-0.15, -0.1) is 0 Å². The van der Waals surface area contributed by atoms with Crippen LogP contribution in [0.15, 0.2) is 485 Å². The third-order valence-corrected chi connectivity index (χ3v) is 25.6. The first-order chi connectivity index (χ1) is 62.6. The summed E-state index contributed by atoms with van der Waals surface area (Å²) in [6.07, 6.45) is 0. The Labute approximate surface area is 728 Å². The lowest BCUT2D eigenvalue weighted by molar-refractivity contribution is 1.18. The molecule has 0 aliphatic heterocycles. The summed E-state index contributed by atoms with van der Waals surface area (Å²) in [5.74, 6) is 0. The zero-order valence-electron chi connectivity index (χ0n) is 68.9. The van der Waals surface area contributed by atoms with E-state index in [-0.39, 0.29) is 0 Å². The molecule has 26 rings (SSSR count). The van der Waals surface area contributed by atoms with Crippen LogP contribution in [0.3, 0.4) is 0 Å². The fourth-order valence-electron chi connectivity index (χ4n) is 20.0. The number of para-hydroxylation sites is 10. The Morgan fingerprint density at radius 1 is 0.103 bits per heavy atom. The largest absolute Gasteiger partial charge is 0.309 e. The molecule has 0 bridgehead atoms. The zero-order chi connectivity index (χ0) is 83.1. The molecule has 126 heavy (non-hydrogen) atoms. The second-order valence-electron chi connectivity index (χ2n) is 32.6. The van der Waals surface area contributed by atoms with Gasteiger partial charge in [0.05, 0.1) is 66.2 Å². The molecule has 0 unspecified atom stereocenters. The molecule has 590 valence electrons. The second kappa shape index (κ2) is 30.7. The minimum atomic E-state index is 1.16. The molecule has 26 aromatic rings. The van der Waals surface area contributed by atoms with E-state index in [1.165, 1.54) is 209 Å². The number of hydrogen-bond donors (Lipinski definition) is 0. The molecule has 6 heteroatoms. The van der Waals surface area contributed by atoms with Crippen LogP contribution < -0.4 is 0 Å². The van der Waals surface area contributed by atoms with Gasteiger partial charge >= 0.3 is 0 Å². The summed E-state index contributed by atoms with van der Waals surface area (Å²) in [5.41, 5.74) is 34.0. The van der Waals surface area contributed by atoms with Crippen molar-refractivity contribution in [3.63, 3.8) is 0 Å². The topological polar surface area (TPSA) is 29.6 Å². The highest BCUT2D eigenvalue weighted by atomic mass is 15.0. The lowest BCUT2D eigenvalue weighted by Crippen LogP contribution is -1.94. The van der Waals surface area contributed by atoms with Crippen molar-refractivity contribution in [1.29, 1.82) is 0 Å². The van der Waals surface area contributed by atoms with E-state index in [1.807, 2.05) is 0 Å². The van der Waals surface area contributed by atoms with Crippen molar-refractivity contribution in [1.82, 2.24) is 27.4 Å². The maximum absolute atomic E-state index is 2.39. The fraction of sp³-hybridized carbons (Fsp3) is 0. The summed E-state index contributed by atoms with van der Waals surface area (Å²) in [7, 11) is 0. The van der Waals surface area contributed by atoms with Crippen molar-refractivity contribution in [3.05, 3.63) is 485 Å². The third kappa shape index (κ3) is 12.2. The molecule has 0 fully saturated rings. The number of nitrogens with zero attached hydrogens (tertiary/aromatic N) is 6. The molecule has 0 amide bonds. The lowest BCUT2D eigenvalue weighted by atomic mass is 9.95. The first-order valence-corrected chi connectivity index (χ1v) is 43.3. The quantitative estimate of drug-likeness (QED) is 0.124. The normalized spacial score (nSPS) is 11.7. The highest BCUT2D eigenvalue weighted by molar-refractivity contribution is 6.23. The van der Waals surface area contributed by atoms with E-state index >= 15 is 0 Å². The van der Waals surface area contributed by atoms with Crippen LogP contribution in [-0.2, 0) is 0 Å². The molecular formula is C120H80N6. The Balaban J connectivity index is 0.000000107. The Bertz CT molecular complexity index is 8290. The average molecular weight is 1610 g/mol. The van der Waals surface area contributed by atoms with Crippen LogP contribution in [-0.4, -0.2) is 27.4 Å². The van der Waals surface area contributed by atoms with E-state index in [1.54, 1.807) is 0 Å². The van der Waals surface area contributed by atoms with Crippen LogP contribution in [0.5, 0.6) is 0 Å². The number of hydrogen-bond acceptors (Lipinski definition) is 0. The number of benzene rings is 20. The van der Waals surface area contributed by atoms with Crippen LogP contribution in [0, 0.1) is 0 Å². The van der Waals surface area contributed by atoms with Crippen LogP contribution in [0.25, 0.3) is 221 Å². The maximum atomic E-state index is 2.39. The predicted octanol–water partition coefficient (Wildman–Crippen LogP) is 32.0. The van der Waals surface area contributed by atoms with Gasteiger partial charge in [-0.2, -0.15) is 0 Å². The van der Waals surface area contributed by atoms with E-state index in [0.29, 0.717) is 0 Å².